The minimum absolute atomic E-state index is 0. The molecule has 163 valence electrons. The van der Waals surface area contributed by atoms with Gasteiger partial charge < -0.3 is 18.4 Å². The molecule has 2 aliphatic rings. The number of fused-ring (bicyclic) bond motifs is 2. The fourth-order valence-electron chi connectivity index (χ4n) is 4.60. The average molecular weight is 617 g/mol. The van der Waals surface area contributed by atoms with Gasteiger partial charge in [-0.05, 0) is 79.1 Å². The van der Waals surface area contributed by atoms with Crippen molar-refractivity contribution in [3.8, 4) is 0 Å². The molecule has 0 bridgehead atoms. The summed E-state index contributed by atoms with van der Waals surface area (Å²) in [6, 6.07) is 6.64. The molecule has 0 aliphatic carbocycles. The number of nitrogens with zero attached hydrogens (tertiary/aromatic N) is 2. The molecule has 1 radical (unpaired) electrons. The van der Waals surface area contributed by atoms with E-state index in [2.05, 4.69) is 22.6 Å². The van der Waals surface area contributed by atoms with E-state index in [1.54, 1.807) is 37.6 Å². The van der Waals surface area contributed by atoms with Crippen LogP contribution < -0.4 is 59.1 Å². The Morgan fingerprint density at radius 2 is 1.52 bits per heavy atom. The molecule has 1 aromatic carbocycles. The van der Waals surface area contributed by atoms with Crippen LogP contribution in [0.4, 0.5) is 0 Å². The van der Waals surface area contributed by atoms with E-state index in [4.69, 9.17) is 0 Å². The molecule has 33 heavy (non-hydrogen) atoms. The molecule has 2 aliphatic heterocycles. The van der Waals surface area contributed by atoms with E-state index < -0.39 is 26.3 Å². The molecular formula is C19H17BIN2Na2O6S2. The normalized spacial score (nSPS) is 17.8. The van der Waals surface area contributed by atoms with Gasteiger partial charge in [0.15, 0.2) is 0 Å². The van der Waals surface area contributed by atoms with Crippen molar-refractivity contribution in [1.29, 1.82) is 0 Å². The summed E-state index contributed by atoms with van der Waals surface area (Å²) in [6.45, 7) is 6.26. The SMILES string of the molecule is CC1=C(S(=O)(=O)[O-])C(C)N2[B]n3c(C)c(S(=O)(=O)[O-])c(C)c3C(c3ccc(I)cc3)=C12.[Na+].[Na+]. The standard InChI is InChI=1S/C19H19BIN2O6S2.2Na/c1-9-16-15(13-5-7-14(21)8-6-13)17-10(2)19(31(27,28)29)12(4)23(17)20-22(16)11(3)18(9)30(24,25)26;;/h5-8,11H,1-4H3,(H,24,25,26)(H,27,28,29);;/q;2*+1/p-2. The molecule has 4 rings (SSSR count). The van der Waals surface area contributed by atoms with Crippen LogP contribution in [0.5, 0.6) is 0 Å². The van der Waals surface area contributed by atoms with Crippen LogP contribution in [0.2, 0.25) is 0 Å². The summed E-state index contributed by atoms with van der Waals surface area (Å²) in [7, 11) is -7.90. The molecule has 0 saturated carbocycles. The first-order chi connectivity index (χ1) is 14.2. The Hall–Kier alpha value is 0.395. The van der Waals surface area contributed by atoms with E-state index >= 15 is 0 Å². The molecule has 0 N–H and O–H groups in total. The number of benzene rings is 1. The molecule has 0 spiro atoms. The number of halogens is 1. The maximum atomic E-state index is 12.0. The van der Waals surface area contributed by atoms with Crippen LogP contribution in [0.3, 0.4) is 0 Å². The largest absolute Gasteiger partial charge is 1.00 e. The third kappa shape index (κ3) is 4.87. The maximum Gasteiger partial charge on any atom is 1.00 e. The van der Waals surface area contributed by atoms with Gasteiger partial charge in [-0.25, -0.2) is 16.8 Å². The summed E-state index contributed by atoms with van der Waals surface area (Å²) < 4.78 is 74.6. The van der Waals surface area contributed by atoms with Crippen molar-refractivity contribution in [2.75, 3.05) is 0 Å². The van der Waals surface area contributed by atoms with E-state index in [0.29, 0.717) is 28.1 Å². The van der Waals surface area contributed by atoms with Gasteiger partial charge in [-0.2, -0.15) is 0 Å². The summed E-state index contributed by atoms with van der Waals surface area (Å²) in [5, 5.41) is 0. The Labute approximate surface area is 252 Å². The van der Waals surface area contributed by atoms with Gasteiger partial charge in [0.05, 0.1) is 15.8 Å². The summed E-state index contributed by atoms with van der Waals surface area (Å²) >= 11 is 2.16. The predicted octanol–water partition coefficient (Wildman–Crippen LogP) is -3.70. The zero-order valence-corrected chi connectivity index (χ0v) is 26.8. The van der Waals surface area contributed by atoms with Crippen molar-refractivity contribution in [1.82, 2.24) is 9.29 Å². The number of hydrogen-bond acceptors (Lipinski definition) is 7. The smallest absolute Gasteiger partial charge is 0.744 e. The van der Waals surface area contributed by atoms with Gasteiger partial charge >= 0.3 is 66.7 Å². The van der Waals surface area contributed by atoms with Gasteiger partial charge in [-0.15, -0.1) is 0 Å². The number of rotatable bonds is 3. The second kappa shape index (κ2) is 10.0. The van der Waals surface area contributed by atoms with Crippen LogP contribution in [-0.4, -0.2) is 48.8 Å². The molecule has 0 saturated heterocycles. The summed E-state index contributed by atoms with van der Waals surface area (Å²) in [5.41, 5.74) is 3.08. The van der Waals surface area contributed by atoms with E-state index in [0.717, 1.165) is 3.57 Å². The maximum absolute atomic E-state index is 12.0. The molecule has 3 heterocycles. The van der Waals surface area contributed by atoms with Gasteiger partial charge in [-0.1, -0.05) is 12.1 Å². The molecule has 2 aromatic rings. The average Bonchev–Trinajstić information content (AvgIpc) is 3.05. The Balaban J connectivity index is 0.00000193. The third-order valence-corrected chi connectivity index (χ3v) is 8.78. The monoisotopic (exact) mass is 617 g/mol. The Morgan fingerprint density at radius 1 is 0.970 bits per heavy atom. The van der Waals surface area contributed by atoms with E-state index in [9.17, 15) is 25.9 Å². The van der Waals surface area contributed by atoms with Crippen molar-refractivity contribution < 1.29 is 85.1 Å². The Morgan fingerprint density at radius 3 is 2.00 bits per heavy atom. The molecule has 1 aromatic heterocycles. The quantitative estimate of drug-likeness (QED) is 0.198. The second-order valence-corrected chi connectivity index (χ2v) is 11.5. The van der Waals surface area contributed by atoms with Crippen LogP contribution in [0, 0.1) is 17.4 Å². The topological polar surface area (TPSA) is 123 Å². The van der Waals surface area contributed by atoms with E-state index in [-0.39, 0.29) is 80.2 Å². The first-order valence-corrected chi connectivity index (χ1v) is 13.1. The Bertz CT molecular complexity index is 1420. The van der Waals surface area contributed by atoms with Crippen molar-refractivity contribution >= 4 is 55.9 Å². The minimum atomic E-state index is -4.75. The fourth-order valence-corrected chi connectivity index (χ4v) is 6.89. The zero-order valence-electron chi connectivity index (χ0n) is 19.0. The summed E-state index contributed by atoms with van der Waals surface area (Å²) in [6.07, 6.45) is 0. The zero-order chi connectivity index (χ0) is 23.0. The van der Waals surface area contributed by atoms with E-state index in [1.165, 1.54) is 6.92 Å². The van der Waals surface area contributed by atoms with Crippen molar-refractivity contribution in [3.63, 3.8) is 0 Å². The molecule has 14 heteroatoms. The van der Waals surface area contributed by atoms with Gasteiger partial charge in [0.1, 0.15) is 20.2 Å². The second-order valence-electron chi connectivity index (χ2n) is 7.58. The van der Waals surface area contributed by atoms with Crippen LogP contribution in [0.1, 0.15) is 36.4 Å². The first-order valence-electron chi connectivity index (χ1n) is 9.23. The molecule has 0 fully saturated rings. The number of aromatic nitrogens is 1. The first kappa shape index (κ1) is 29.6. The molecule has 1 atom stereocenters. The Kier molecular flexibility index (Phi) is 9.01. The molecular weight excluding hydrogens is 600 g/mol. The van der Waals surface area contributed by atoms with Gasteiger partial charge in [0.25, 0.3) is 0 Å². The van der Waals surface area contributed by atoms with Crippen LogP contribution >= 0.6 is 22.6 Å². The summed E-state index contributed by atoms with van der Waals surface area (Å²) in [5.74, 6) is 0. The minimum Gasteiger partial charge on any atom is -0.744 e. The number of hydrogen-bond donors (Lipinski definition) is 0. The van der Waals surface area contributed by atoms with Gasteiger partial charge in [-0.3, -0.25) is 0 Å². The fraction of sp³-hybridized carbons (Fsp3) is 0.263. The van der Waals surface area contributed by atoms with Crippen molar-refractivity contribution in [2.45, 2.75) is 38.6 Å². The van der Waals surface area contributed by atoms with Gasteiger partial charge in [0.2, 0.25) is 0 Å². The van der Waals surface area contributed by atoms with Crippen LogP contribution in [-0.2, 0) is 20.2 Å². The van der Waals surface area contributed by atoms with Crippen molar-refractivity contribution in [2.24, 2.45) is 0 Å². The van der Waals surface area contributed by atoms with Crippen molar-refractivity contribution in [3.05, 3.63) is 66.5 Å². The summed E-state index contributed by atoms with van der Waals surface area (Å²) in [4.78, 5) is 1.13. The van der Waals surface area contributed by atoms with E-state index in [1.807, 2.05) is 24.3 Å². The molecule has 8 nitrogen and oxygen atoms in total. The molecule has 0 amide bonds. The third-order valence-electron chi connectivity index (χ3n) is 5.77. The predicted molar refractivity (Wildman–Crippen MR) is 122 cm³/mol. The van der Waals surface area contributed by atoms with Crippen LogP contribution in [0.25, 0.3) is 5.57 Å². The van der Waals surface area contributed by atoms with Gasteiger partial charge in [0, 0.05) is 26.2 Å². The van der Waals surface area contributed by atoms with Crippen LogP contribution in [0.15, 0.2) is 45.3 Å². The molecule has 1 unspecified atom stereocenters. The number of allylic oxidation sites excluding steroid dienone is 1.